The lowest BCUT2D eigenvalue weighted by molar-refractivity contribution is 0.0955. The lowest BCUT2D eigenvalue weighted by atomic mass is 10.1. The molecule has 4 aromatic rings. The van der Waals surface area contributed by atoms with E-state index < -0.39 is 0 Å². The Morgan fingerprint density at radius 1 is 1.18 bits per heavy atom. The molecule has 34 heavy (non-hydrogen) atoms. The van der Waals surface area contributed by atoms with Crippen LogP contribution in [-0.2, 0) is 0 Å². The van der Waals surface area contributed by atoms with E-state index >= 15 is 0 Å². The maximum atomic E-state index is 12.5. The van der Waals surface area contributed by atoms with Crippen LogP contribution >= 0.6 is 33.9 Å². The smallest absolute Gasteiger partial charge is 0.271 e. The highest BCUT2D eigenvalue weighted by Crippen LogP contribution is 2.32. The molecular formula is C25H21IN4O3S. The van der Waals surface area contributed by atoms with Crippen molar-refractivity contribution in [1.29, 1.82) is 0 Å². The van der Waals surface area contributed by atoms with Crippen LogP contribution in [-0.4, -0.2) is 28.8 Å². The second-order valence-electron chi connectivity index (χ2n) is 7.09. The highest BCUT2D eigenvalue weighted by atomic mass is 127. The summed E-state index contributed by atoms with van der Waals surface area (Å²) in [5.74, 6) is 0.139. The van der Waals surface area contributed by atoms with Crippen LogP contribution in [0.4, 0.5) is 10.8 Å². The third kappa shape index (κ3) is 5.91. The number of thiazole rings is 1. The Morgan fingerprint density at radius 2 is 1.94 bits per heavy atom. The predicted octanol–water partition coefficient (Wildman–Crippen LogP) is 6.03. The molecule has 1 amide bonds. The molecule has 7 nitrogen and oxygen atoms in total. The van der Waals surface area contributed by atoms with Gasteiger partial charge in [-0.1, -0.05) is 30.3 Å². The molecular weight excluding hydrogens is 563 g/mol. The number of halogens is 1. The number of hydrazone groups is 1. The SMILES string of the molecule is CCOc1cc(/C=N\NC(=O)c2ccc(-c3csc(Nc4ccccc4)n3)cc2)cc(I)c1O. The van der Waals surface area contributed by atoms with E-state index in [9.17, 15) is 9.90 Å². The first-order valence-electron chi connectivity index (χ1n) is 10.4. The van der Waals surface area contributed by atoms with Gasteiger partial charge in [0.2, 0.25) is 0 Å². The number of hydrogen-bond acceptors (Lipinski definition) is 7. The zero-order valence-corrected chi connectivity index (χ0v) is 21.1. The molecule has 0 bridgehead atoms. The van der Waals surface area contributed by atoms with Crippen LogP contribution in [0.1, 0.15) is 22.8 Å². The molecule has 0 spiro atoms. The van der Waals surface area contributed by atoms with E-state index in [1.807, 2.05) is 77.4 Å². The van der Waals surface area contributed by atoms with Gasteiger partial charge in [-0.3, -0.25) is 4.79 Å². The number of rotatable bonds is 8. The summed E-state index contributed by atoms with van der Waals surface area (Å²) in [6.45, 7) is 2.27. The normalized spacial score (nSPS) is 10.9. The zero-order chi connectivity index (χ0) is 23.9. The van der Waals surface area contributed by atoms with Crippen LogP contribution in [0.25, 0.3) is 11.3 Å². The molecule has 1 heterocycles. The van der Waals surface area contributed by atoms with Crippen LogP contribution in [0.2, 0.25) is 0 Å². The molecule has 0 atom stereocenters. The van der Waals surface area contributed by atoms with Crippen molar-refractivity contribution in [3.63, 3.8) is 0 Å². The zero-order valence-electron chi connectivity index (χ0n) is 18.2. The van der Waals surface area contributed by atoms with Gasteiger partial charge in [-0.2, -0.15) is 5.10 Å². The van der Waals surface area contributed by atoms with Crippen molar-refractivity contribution in [3.05, 3.63) is 86.8 Å². The van der Waals surface area contributed by atoms with E-state index in [2.05, 4.69) is 20.8 Å². The van der Waals surface area contributed by atoms with Crippen LogP contribution in [0.5, 0.6) is 11.5 Å². The average Bonchev–Trinajstić information content (AvgIpc) is 3.31. The number of aromatic nitrogens is 1. The maximum Gasteiger partial charge on any atom is 0.271 e. The van der Waals surface area contributed by atoms with Crippen molar-refractivity contribution < 1.29 is 14.6 Å². The van der Waals surface area contributed by atoms with Crippen LogP contribution in [0.15, 0.2) is 77.2 Å². The molecule has 4 rings (SSSR count). The first kappa shape index (κ1) is 23.7. The van der Waals surface area contributed by atoms with Gasteiger partial charge in [0.1, 0.15) is 0 Å². The summed E-state index contributed by atoms with van der Waals surface area (Å²) in [4.78, 5) is 17.1. The number of nitrogens with one attached hydrogen (secondary N) is 2. The van der Waals surface area contributed by atoms with Gasteiger partial charge < -0.3 is 15.2 Å². The minimum Gasteiger partial charge on any atom is -0.504 e. The standard InChI is InChI=1S/C25H21IN4O3S/c1-2-33-22-13-16(12-20(26)23(22)31)14-27-30-24(32)18-10-8-17(9-11-18)21-15-34-25(29-21)28-19-6-4-3-5-7-19/h3-15,31H,2H2,1H3,(H,28,29)(H,30,32)/b27-14-. The average molecular weight is 584 g/mol. The van der Waals surface area contributed by atoms with Gasteiger partial charge in [-0.25, -0.2) is 10.4 Å². The number of phenolic OH excluding ortho intramolecular Hbond substituents is 1. The lowest BCUT2D eigenvalue weighted by Gasteiger charge is -2.08. The first-order valence-corrected chi connectivity index (χ1v) is 12.4. The second kappa shape index (κ2) is 11.1. The van der Waals surface area contributed by atoms with Crippen molar-refractivity contribution in [2.45, 2.75) is 6.92 Å². The number of aromatic hydroxyl groups is 1. The molecule has 0 unspecified atom stereocenters. The van der Waals surface area contributed by atoms with E-state index in [0.717, 1.165) is 22.1 Å². The Hall–Kier alpha value is -3.44. The van der Waals surface area contributed by atoms with Crippen molar-refractivity contribution >= 4 is 56.9 Å². The molecule has 1 aromatic heterocycles. The fourth-order valence-corrected chi connectivity index (χ4v) is 4.43. The molecule has 0 radical (unpaired) electrons. The highest BCUT2D eigenvalue weighted by molar-refractivity contribution is 14.1. The Kier molecular flexibility index (Phi) is 7.76. The van der Waals surface area contributed by atoms with E-state index in [1.165, 1.54) is 17.6 Å². The van der Waals surface area contributed by atoms with Crippen molar-refractivity contribution in [2.24, 2.45) is 5.10 Å². The molecule has 0 aliphatic heterocycles. The van der Waals surface area contributed by atoms with E-state index in [1.54, 1.807) is 24.3 Å². The lowest BCUT2D eigenvalue weighted by Crippen LogP contribution is -2.17. The Bertz CT molecular complexity index is 1310. The first-order chi connectivity index (χ1) is 16.5. The number of ether oxygens (including phenoxy) is 1. The number of carbonyl (C=O) groups is 1. The van der Waals surface area contributed by atoms with Crippen molar-refractivity contribution in [1.82, 2.24) is 10.4 Å². The Balaban J connectivity index is 1.38. The topological polar surface area (TPSA) is 95.8 Å². The van der Waals surface area contributed by atoms with Gasteiger partial charge in [0.05, 0.1) is 22.1 Å². The molecule has 0 aliphatic carbocycles. The van der Waals surface area contributed by atoms with Gasteiger partial charge in [-0.05, 0) is 71.5 Å². The number of anilines is 2. The minimum absolute atomic E-state index is 0.0896. The number of phenols is 1. The van der Waals surface area contributed by atoms with E-state index in [4.69, 9.17) is 4.74 Å². The molecule has 0 saturated carbocycles. The summed E-state index contributed by atoms with van der Waals surface area (Å²) in [6, 6.07) is 20.5. The summed E-state index contributed by atoms with van der Waals surface area (Å²) >= 11 is 3.54. The number of amides is 1. The number of benzene rings is 3. The number of para-hydroxylation sites is 1. The summed E-state index contributed by atoms with van der Waals surface area (Å²) in [5.41, 5.74) is 6.43. The predicted molar refractivity (Wildman–Crippen MR) is 144 cm³/mol. The summed E-state index contributed by atoms with van der Waals surface area (Å²) in [7, 11) is 0. The van der Waals surface area contributed by atoms with Gasteiger partial charge >= 0.3 is 0 Å². The summed E-state index contributed by atoms with van der Waals surface area (Å²) < 4.78 is 6.06. The minimum atomic E-state index is -0.328. The third-order valence-electron chi connectivity index (χ3n) is 4.70. The molecule has 9 heteroatoms. The number of carbonyl (C=O) groups excluding carboxylic acids is 1. The van der Waals surface area contributed by atoms with Crippen molar-refractivity contribution in [3.8, 4) is 22.8 Å². The van der Waals surface area contributed by atoms with Crippen LogP contribution in [0, 0.1) is 3.57 Å². The molecule has 172 valence electrons. The maximum absolute atomic E-state index is 12.5. The Morgan fingerprint density at radius 3 is 2.68 bits per heavy atom. The summed E-state index contributed by atoms with van der Waals surface area (Å²) in [5, 5.41) is 20.1. The second-order valence-corrected chi connectivity index (χ2v) is 9.11. The molecule has 0 saturated heterocycles. The van der Waals surface area contributed by atoms with Gasteiger partial charge in [-0.15, -0.1) is 11.3 Å². The Labute approximate surface area is 214 Å². The highest BCUT2D eigenvalue weighted by Gasteiger charge is 2.10. The van der Waals surface area contributed by atoms with Crippen LogP contribution in [0.3, 0.4) is 0 Å². The van der Waals surface area contributed by atoms with Gasteiger partial charge in [0.15, 0.2) is 16.6 Å². The van der Waals surface area contributed by atoms with Crippen LogP contribution < -0.4 is 15.5 Å². The fraction of sp³-hybridized carbons (Fsp3) is 0.0800. The molecule has 3 N–H and O–H groups in total. The molecule has 3 aromatic carbocycles. The number of hydrogen-bond donors (Lipinski definition) is 3. The quantitative estimate of drug-likeness (QED) is 0.134. The third-order valence-corrected chi connectivity index (χ3v) is 6.28. The van der Waals surface area contributed by atoms with E-state index in [-0.39, 0.29) is 11.7 Å². The fourth-order valence-electron chi connectivity index (χ4n) is 3.06. The molecule has 0 aliphatic rings. The molecule has 0 fully saturated rings. The van der Waals surface area contributed by atoms with Gasteiger partial charge in [0.25, 0.3) is 5.91 Å². The monoisotopic (exact) mass is 584 g/mol. The van der Waals surface area contributed by atoms with E-state index in [0.29, 0.717) is 27.1 Å². The van der Waals surface area contributed by atoms with Crippen molar-refractivity contribution in [2.75, 3.05) is 11.9 Å². The largest absolute Gasteiger partial charge is 0.504 e. The van der Waals surface area contributed by atoms with Gasteiger partial charge in [0, 0.05) is 22.2 Å². The number of nitrogens with zero attached hydrogens (tertiary/aromatic N) is 2. The summed E-state index contributed by atoms with van der Waals surface area (Å²) in [6.07, 6.45) is 1.51.